The first-order valence-electron chi connectivity index (χ1n) is 7.75. The summed E-state index contributed by atoms with van der Waals surface area (Å²) in [5, 5.41) is 4.03. The van der Waals surface area contributed by atoms with E-state index in [0.29, 0.717) is 12.1 Å². The number of aromatic nitrogens is 1. The van der Waals surface area contributed by atoms with Crippen LogP contribution >= 0.6 is 0 Å². The topological polar surface area (TPSA) is 77.1 Å². The number of nitrogens with one attached hydrogen (secondary N) is 1. The van der Waals surface area contributed by atoms with Gasteiger partial charge in [-0.25, -0.2) is 0 Å². The monoisotopic (exact) mass is 321 g/mol. The van der Waals surface area contributed by atoms with Crippen molar-refractivity contribution >= 4 is 22.7 Å². The molecule has 3 rings (SSSR count). The van der Waals surface area contributed by atoms with Crippen LogP contribution in [0.4, 0.5) is 0 Å². The predicted octanol–water partition coefficient (Wildman–Crippen LogP) is 2.37. The molecule has 3 N–H and O–H groups in total. The van der Waals surface area contributed by atoms with Gasteiger partial charge < -0.3 is 15.6 Å². The zero-order valence-corrected chi connectivity index (χ0v) is 13.5. The van der Waals surface area contributed by atoms with Gasteiger partial charge in [-0.3, -0.25) is 9.59 Å². The minimum Gasteiger partial charge on any atom is -0.366 e. The van der Waals surface area contributed by atoms with Crippen molar-refractivity contribution in [3.8, 4) is 0 Å². The van der Waals surface area contributed by atoms with E-state index in [2.05, 4.69) is 11.4 Å². The summed E-state index contributed by atoms with van der Waals surface area (Å²) in [6.07, 6.45) is 0. The van der Waals surface area contributed by atoms with Crippen LogP contribution in [0.2, 0.25) is 0 Å². The lowest BCUT2D eigenvalue weighted by atomic mass is 10.1. The normalized spacial score (nSPS) is 10.7. The van der Waals surface area contributed by atoms with E-state index in [1.165, 1.54) is 0 Å². The number of primary amides is 1. The van der Waals surface area contributed by atoms with E-state index in [4.69, 9.17) is 5.73 Å². The van der Waals surface area contributed by atoms with Gasteiger partial charge >= 0.3 is 0 Å². The molecule has 0 aliphatic rings. The third kappa shape index (κ3) is 3.30. The van der Waals surface area contributed by atoms with Gasteiger partial charge in [-0.05, 0) is 42.1 Å². The van der Waals surface area contributed by atoms with Crippen molar-refractivity contribution < 1.29 is 9.59 Å². The maximum Gasteiger partial charge on any atom is 0.248 e. The molecular weight excluding hydrogens is 302 g/mol. The van der Waals surface area contributed by atoms with Crippen LogP contribution in [-0.4, -0.2) is 16.4 Å². The summed E-state index contributed by atoms with van der Waals surface area (Å²) in [5.41, 5.74) is 8.69. The summed E-state index contributed by atoms with van der Waals surface area (Å²) in [4.78, 5) is 23.3. The third-order valence-corrected chi connectivity index (χ3v) is 4.05. The van der Waals surface area contributed by atoms with Crippen molar-refractivity contribution in [1.29, 1.82) is 0 Å². The molecule has 0 spiro atoms. The highest BCUT2D eigenvalue weighted by Gasteiger charge is 2.09. The lowest BCUT2D eigenvalue weighted by Gasteiger charge is -2.10. The van der Waals surface area contributed by atoms with E-state index in [-0.39, 0.29) is 12.5 Å². The SMILES string of the molecule is Cc1cc2ccccc2n1CC(=O)NCc1ccc(C(N)=O)cc1. The molecule has 0 bridgehead atoms. The lowest BCUT2D eigenvalue weighted by molar-refractivity contribution is -0.121. The Labute approximate surface area is 140 Å². The molecule has 0 radical (unpaired) electrons. The molecule has 0 fully saturated rings. The fourth-order valence-electron chi connectivity index (χ4n) is 2.75. The Hall–Kier alpha value is -3.08. The van der Waals surface area contributed by atoms with E-state index >= 15 is 0 Å². The van der Waals surface area contributed by atoms with Crippen LogP contribution in [-0.2, 0) is 17.9 Å². The number of hydrogen-bond acceptors (Lipinski definition) is 2. The van der Waals surface area contributed by atoms with Gasteiger partial charge in [0.15, 0.2) is 0 Å². The molecule has 0 saturated carbocycles. The number of hydrogen-bond donors (Lipinski definition) is 2. The Balaban J connectivity index is 1.65. The average Bonchev–Trinajstić information content (AvgIpc) is 2.89. The lowest BCUT2D eigenvalue weighted by Crippen LogP contribution is -2.27. The maximum absolute atomic E-state index is 12.2. The highest BCUT2D eigenvalue weighted by Crippen LogP contribution is 2.18. The fraction of sp³-hybridized carbons (Fsp3) is 0.158. The van der Waals surface area contributed by atoms with Gasteiger partial charge in [-0.1, -0.05) is 30.3 Å². The van der Waals surface area contributed by atoms with Gasteiger partial charge in [0.1, 0.15) is 6.54 Å². The van der Waals surface area contributed by atoms with E-state index in [9.17, 15) is 9.59 Å². The smallest absolute Gasteiger partial charge is 0.248 e. The molecule has 3 aromatic rings. The molecule has 5 nitrogen and oxygen atoms in total. The zero-order chi connectivity index (χ0) is 17.1. The van der Waals surface area contributed by atoms with Gasteiger partial charge in [0.05, 0.1) is 0 Å². The highest BCUT2D eigenvalue weighted by atomic mass is 16.2. The number of fused-ring (bicyclic) bond motifs is 1. The molecule has 1 aromatic heterocycles. The Bertz CT molecular complexity index is 895. The van der Waals surface area contributed by atoms with Crippen molar-refractivity contribution in [2.45, 2.75) is 20.0 Å². The average molecular weight is 321 g/mol. The molecule has 0 unspecified atom stereocenters. The maximum atomic E-state index is 12.2. The summed E-state index contributed by atoms with van der Waals surface area (Å²) >= 11 is 0. The second-order valence-corrected chi connectivity index (χ2v) is 5.77. The molecule has 0 saturated heterocycles. The number of benzene rings is 2. The summed E-state index contributed by atoms with van der Waals surface area (Å²) in [6.45, 7) is 2.69. The van der Waals surface area contributed by atoms with Gasteiger partial charge in [0.25, 0.3) is 0 Å². The summed E-state index contributed by atoms with van der Waals surface area (Å²) in [6, 6.07) is 17.0. The van der Waals surface area contributed by atoms with E-state index in [1.54, 1.807) is 24.3 Å². The number of carbonyl (C=O) groups is 2. The quantitative estimate of drug-likeness (QED) is 0.757. The van der Waals surface area contributed by atoms with Crippen LogP contribution in [0.25, 0.3) is 10.9 Å². The van der Waals surface area contributed by atoms with Gasteiger partial charge in [-0.2, -0.15) is 0 Å². The fourth-order valence-corrected chi connectivity index (χ4v) is 2.75. The Kier molecular flexibility index (Phi) is 4.33. The Morgan fingerprint density at radius 1 is 1.08 bits per heavy atom. The molecule has 5 heteroatoms. The highest BCUT2D eigenvalue weighted by molar-refractivity contribution is 5.92. The van der Waals surface area contributed by atoms with Crippen molar-refractivity contribution in [3.63, 3.8) is 0 Å². The van der Waals surface area contributed by atoms with Gasteiger partial charge in [-0.15, -0.1) is 0 Å². The molecule has 1 heterocycles. The minimum absolute atomic E-state index is 0.0570. The van der Waals surface area contributed by atoms with Crippen molar-refractivity contribution in [3.05, 3.63) is 71.4 Å². The molecule has 24 heavy (non-hydrogen) atoms. The Morgan fingerprint density at radius 3 is 2.50 bits per heavy atom. The van der Waals surface area contributed by atoms with E-state index < -0.39 is 5.91 Å². The number of para-hydroxylation sites is 1. The first-order chi connectivity index (χ1) is 11.5. The van der Waals surface area contributed by atoms with Crippen LogP contribution in [0.1, 0.15) is 21.6 Å². The van der Waals surface area contributed by atoms with E-state index in [1.807, 2.05) is 35.8 Å². The Morgan fingerprint density at radius 2 is 1.79 bits per heavy atom. The van der Waals surface area contributed by atoms with Gasteiger partial charge in [0.2, 0.25) is 11.8 Å². The van der Waals surface area contributed by atoms with Gasteiger partial charge in [0, 0.05) is 23.3 Å². The summed E-state index contributed by atoms with van der Waals surface area (Å²) < 4.78 is 2.00. The molecular formula is C19H19N3O2. The second-order valence-electron chi connectivity index (χ2n) is 5.77. The van der Waals surface area contributed by atoms with Crippen molar-refractivity contribution in [2.24, 2.45) is 5.73 Å². The number of carbonyl (C=O) groups excluding carboxylic acids is 2. The molecule has 0 atom stereocenters. The molecule has 2 aromatic carbocycles. The van der Waals surface area contributed by atoms with Crippen LogP contribution in [0, 0.1) is 6.92 Å². The number of aryl methyl sites for hydroxylation is 1. The second kappa shape index (κ2) is 6.58. The minimum atomic E-state index is -0.458. The van der Waals surface area contributed by atoms with Crippen molar-refractivity contribution in [1.82, 2.24) is 9.88 Å². The standard InChI is InChI=1S/C19H19N3O2/c1-13-10-16-4-2-3-5-17(16)22(13)12-18(23)21-11-14-6-8-15(9-7-14)19(20)24/h2-10H,11-12H2,1H3,(H2,20,24)(H,21,23). The summed E-state index contributed by atoms with van der Waals surface area (Å²) in [7, 11) is 0. The van der Waals surface area contributed by atoms with Crippen molar-refractivity contribution in [2.75, 3.05) is 0 Å². The first kappa shape index (κ1) is 15.8. The molecule has 0 aliphatic carbocycles. The van der Waals surface area contributed by atoms with Crippen LogP contribution < -0.4 is 11.1 Å². The van der Waals surface area contributed by atoms with Crippen LogP contribution in [0.5, 0.6) is 0 Å². The van der Waals surface area contributed by atoms with Crippen LogP contribution in [0.3, 0.4) is 0 Å². The number of rotatable bonds is 5. The summed E-state index contributed by atoms with van der Waals surface area (Å²) in [5.74, 6) is -0.515. The number of nitrogens with zero attached hydrogens (tertiary/aromatic N) is 1. The van der Waals surface area contributed by atoms with Crippen LogP contribution in [0.15, 0.2) is 54.6 Å². The number of amides is 2. The number of nitrogens with two attached hydrogens (primary N) is 1. The molecule has 122 valence electrons. The molecule has 2 amide bonds. The molecule has 0 aliphatic heterocycles. The predicted molar refractivity (Wildman–Crippen MR) is 93.5 cm³/mol. The zero-order valence-electron chi connectivity index (χ0n) is 13.5. The first-order valence-corrected chi connectivity index (χ1v) is 7.75. The largest absolute Gasteiger partial charge is 0.366 e. The van der Waals surface area contributed by atoms with E-state index in [0.717, 1.165) is 22.2 Å². The third-order valence-electron chi connectivity index (χ3n) is 4.05.